The molecule has 0 bridgehead atoms. The molecule has 11 heavy (non-hydrogen) atoms. The number of hydrogen-bond acceptors (Lipinski definition) is 2. The molecule has 0 amide bonds. The fraction of sp³-hybridized carbons (Fsp3) is 0.556. The molecule has 2 heteroatoms. The van der Waals surface area contributed by atoms with Gasteiger partial charge in [-0.05, 0) is 36.9 Å². The van der Waals surface area contributed by atoms with Gasteiger partial charge in [-0.15, -0.1) is 0 Å². The van der Waals surface area contributed by atoms with Gasteiger partial charge in [0.15, 0.2) is 0 Å². The summed E-state index contributed by atoms with van der Waals surface area (Å²) in [5.41, 5.74) is 6.04. The van der Waals surface area contributed by atoms with Crippen LogP contribution in [0.3, 0.4) is 0 Å². The maximum Gasteiger partial charge on any atom is 0.104 e. The van der Waals surface area contributed by atoms with Crippen molar-refractivity contribution in [3.05, 3.63) is 24.2 Å². The molecule has 2 nitrogen and oxygen atoms in total. The molecule has 60 valence electrons. The quantitative estimate of drug-likeness (QED) is 0.712. The lowest BCUT2D eigenvalue weighted by Gasteiger charge is -2.08. The lowest BCUT2D eigenvalue weighted by Crippen LogP contribution is -2.17. The third-order valence-corrected chi connectivity index (χ3v) is 2.52. The van der Waals surface area contributed by atoms with Crippen LogP contribution < -0.4 is 5.73 Å². The minimum absolute atomic E-state index is 0.401. The molecular weight excluding hydrogens is 138 g/mol. The molecule has 1 fully saturated rings. The van der Waals surface area contributed by atoms with Crippen molar-refractivity contribution in [1.82, 2.24) is 0 Å². The van der Waals surface area contributed by atoms with E-state index in [9.17, 15) is 0 Å². The van der Waals surface area contributed by atoms with Crippen molar-refractivity contribution in [3.8, 4) is 0 Å². The van der Waals surface area contributed by atoms with Gasteiger partial charge in [-0.1, -0.05) is 0 Å². The highest BCUT2D eigenvalue weighted by molar-refractivity contribution is 5.07. The van der Waals surface area contributed by atoms with Crippen LogP contribution in [0.5, 0.6) is 0 Å². The first-order valence-electron chi connectivity index (χ1n) is 4.07. The maximum atomic E-state index is 5.64. The van der Waals surface area contributed by atoms with Gasteiger partial charge in [-0.3, -0.25) is 0 Å². The van der Waals surface area contributed by atoms with Gasteiger partial charge in [0.2, 0.25) is 0 Å². The van der Waals surface area contributed by atoms with Crippen molar-refractivity contribution in [2.45, 2.75) is 19.3 Å². The van der Waals surface area contributed by atoms with Crippen LogP contribution in [-0.2, 0) is 6.42 Å². The molecule has 0 unspecified atom stereocenters. The predicted octanol–water partition coefficient (Wildman–Crippen LogP) is 1.56. The lowest BCUT2D eigenvalue weighted by molar-refractivity contribution is 0.430. The topological polar surface area (TPSA) is 39.2 Å². The molecule has 0 radical (unpaired) electrons. The summed E-state index contributed by atoms with van der Waals surface area (Å²) in [4.78, 5) is 0. The first kappa shape index (κ1) is 6.92. The summed E-state index contributed by atoms with van der Waals surface area (Å²) in [6, 6.07) is 3.96. The molecule has 1 saturated carbocycles. The van der Waals surface area contributed by atoms with Crippen LogP contribution in [0.1, 0.15) is 18.6 Å². The molecule has 2 N–H and O–H groups in total. The first-order chi connectivity index (χ1) is 5.35. The van der Waals surface area contributed by atoms with E-state index in [2.05, 4.69) is 0 Å². The number of hydrogen-bond donors (Lipinski definition) is 1. The van der Waals surface area contributed by atoms with E-state index in [0.29, 0.717) is 5.41 Å². The molecule has 0 atom stereocenters. The molecular formula is C9H13NO. The van der Waals surface area contributed by atoms with Gasteiger partial charge in [-0.2, -0.15) is 0 Å². The lowest BCUT2D eigenvalue weighted by atomic mass is 10.0. The monoisotopic (exact) mass is 151 g/mol. The van der Waals surface area contributed by atoms with Crippen molar-refractivity contribution >= 4 is 0 Å². The highest BCUT2D eigenvalue weighted by Crippen LogP contribution is 2.47. The summed E-state index contributed by atoms with van der Waals surface area (Å²) in [5.74, 6) is 1.08. The Hall–Kier alpha value is -0.760. The standard InChI is InChI=1S/C9H13NO/c10-7-9(3-4-9)6-8-2-1-5-11-8/h1-2,5H,3-4,6-7,10H2. The Balaban J connectivity index is 2.01. The molecule has 0 aromatic carbocycles. The Morgan fingerprint density at radius 3 is 2.82 bits per heavy atom. The minimum atomic E-state index is 0.401. The third-order valence-electron chi connectivity index (χ3n) is 2.52. The summed E-state index contributed by atoms with van der Waals surface area (Å²) < 4.78 is 5.26. The van der Waals surface area contributed by atoms with Gasteiger partial charge in [0, 0.05) is 6.42 Å². The smallest absolute Gasteiger partial charge is 0.104 e. The molecule has 1 aromatic heterocycles. The zero-order valence-electron chi connectivity index (χ0n) is 6.55. The average molecular weight is 151 g/mol. The van der Waals surface area contributed by atoms with Crippen LogP contribution in [0.15, 0.2) is 22.8 Å². The van der Waals surface area contributed by atoms with Crippen LogP contribution in [0.25, 0.3) is 0 Å². The highest BCUT2D eigenvalue weighted by Gasteiger charge is 2.41. The number of furan rings is 1. The zero-order valence-corrected chi connectivity index (χ0v) is 6.55. The second kappa shape index (κ2) is 2.38. The van der Waals surface area contributed by atoms with E-state index in [1.165, 1.54) is 12.8 Å². The molecule has 1 aliphatic carbocycles. The third kappa shape index (κ3) is 1.31. The fourth-order valence-corrected chi connectivity index (χ4v) is 1.41. The van der Waals surface area contributed by atoms with Crippen LogP contribution in [0.2, 0.25) is 0 Å². The Bertz CT molecular complexity index is 224. The SMILES string of the molecule is NCC1(Cc2ccco2)CC1. The van der Waals surface area contributed by atoms with Gasteiger partial charge in [0.05, 0.1) is 6.26 Å². The second-order valence-corrected chi connectivity index (χ2v) is 3.46. The van der Waals surface area contributed by atoms with Gasteiger partial charge in [-0.25, -0.2) is 0 Å². The summed E-state index contributed by atoms with van der Waals surface area (Å²) in [6.45, 7) is 0.799. The van der Waals surface area contributed by atoms with E-state index >= 15 is 0 Å². The van der Waals surface area contributed by atoms with Crippen molar-refractivity contribution < 1.29 is 4.42 Å². The second-order valence-electron chi connectivity index (χ2n) is 3.46. The van der Waals surface area contributed by atoms with Crippen LogP contribution in [-0.4, -0.2) is 6.54 Å². The van der Waals surface area contributed by atoms with E-state index in [1.807, 2.05) is 12.1 Å². The Kier molecular flexibility index (Phi) is 1.50. The van der Waals surface area contributed by atoms with Crippen molar-refractivity contribution in [3.63, 3.8) is 0 Å². The van der Waals surface area contributed by atoms with Crippen molar-refractivity contribution in [2.75, 3.05) is 6.54 Å². The average Bonchev–Trinajstić information content (AvgIpc) is 2.59. The Labute approximate surface area is 66.4 Å². The highest BCUT2D eigenvalue weighted by atomic mass is 16.3. The molecule has 0 aliphatic heterocycles. The molecule has 1 aromatic rings. The van der Waals surface area contributed by atoms with E-state index in [1.54, 1.807) is 6.26 Å². The Morgan fingerprint density at radius 2 is 2.36 bits per heavy atom. The van der Waals surface area contributed by atoms with Crippen molar-refractivity contribution in [2.24, 2.45) is 11.1 Å². The van der Waals surface area contributed by atoms with E-state index in [4.69, 9.17) is 10.2 Å². The predicted molar refractivity (Wildman–Crippen MR) is 43.1 cm³/mol. The van der Waals surface area contributed by atoms with Crippen LogP contribution in [0, 0.1) is 5.41 Å². The first-order valence-corrected chi connectivity index (χ1v) is 4.07. The molecule has 2 rings (SSSR count). The van der Waals surface area contributed by atoms with Gasteiger partial charge >= 0.3 is 0 Å². The summed E-state index contributed by atoms with van der Waals surface area (Å²) in [6.07, 6.45) is 5.28. The zero-order chi connectivity index (χ0) is 7.73. The van der Waals surface area contributed by atoms with Crippen LogP contribution in [0.4, 0.5) is 0 Å². The fourth-order valence-electron chi connectivity index (χ4n) is 1.41. The normalized spacial score (nSPS) is 20.1. The summed E-state index contributed by atoms with van der Waals surface area (Å²) in [7, 11) is 0. The van der Waals surface area contributed by atoms with Gasteiger partial charge in [0.25, 0.3) is 0 Å². The minimum Gasteiger partial charge on any atom is -0.469 e. The molecule has 0 spiro atoms. The van der Waals surface area contributed by atoms with Crippen LogP contribution >= 0.6 is 0 Å². The summed E-state index contributed by atoms with van der Waals surface area (Å²) >= 11 is 0. The number of nitrogens with two attached hydrogens (primary N) is 1. The van der Waals surface area contributed by atoms with E-state index in [-0.39, 0.29) is 0 Å². The Morgan fingerprint density at radius 1 is 1.55 bits per heavy atom. The van der Waals surface area contributed by atoms with Gasteiger partial charge < -0.3 is 10.2 Å². The largest absolute Gasteiger partial charge is 0.469 e. The molecule has 1 heterocycles. The number of rotatable bonds is 3. The van der Waals surface area contributed by atoms with Crippen molar-refractivity contribution in [1.29, 1.82) is 0 Å². The van der Waals surface area contributed by atoms with E-state index < -0.39 is 0 Å². The van der Waals surface area contributed by atoms with E-state index in [0.717, 1.165) is 18.7 Å². The maximum absolute atomic E-state index is 5.64. The van der Waals surface area contributed by atoms with Gasteiger partial charge in [0.1, 0.15) is 5.76 Å². The molecule has 0 saturated heterocycles. The summed E-state index contributed by atoms with van der Waals surface area (Å²) in [5, 5.41) is 0. The molecule has 1 aliphatic rings.